The van der Waals surface area contributed by atoms with Gasteiger partial charge in [0, 0.05) is 23.4 Å². The first-order valence-corrected chi connectivity index (χ1v) is 7.10. The molecule has 108 valence electrons. The van der Waals surface area contributed by atoms with E-state index >= 15 is 0 Å². The van der Waals surface area contributed by atoms with Crippen LogP contribution in [-0.4, -0.2) is 16.8 Å². The summed E-state index contributed by atoms with van der Waals surface area (Å²) in [4.78, 5) is 27.5. The fourth-order valence-electron chi connectivity index (χ4n) is 1.67. The summed E-state index contributed by atoms with van der Waals surface area (Å²) >= 11 is 3.35. The van der Waals surface area contributed by atoms with E-state index in [2.05, 4.69) is 31.5 Å². The lowest BCUT2D eigenvalue weighted by Crippen LogP contribution is -2.35. The Morgan fingerprint density at radius 1 is 1.24 bits per heavy atom. The molecule has 0 aliphatic rings. The Bertz CT molecular complexity index is 659. The Kier molecular flexibility index (Phi) is 5.05. The van der Waals surface area contributed by atoms with E-state index in [-0.39, 0.29) is 6.54 Å². The minimum atomic E-state index is -0.705. The van der Waals surface area contributed by atoms with Gasteiger partial charge in [0.1, 0.15) is 0 Å². The molecule has 6 heteroatoms. The average molecular weight is 348 g/mol. The van der Waals surface area contributed by atoms with E-state index in [0.717, 1.165) is 15.6 Å². The number of carbonyl (C=O) groups excluding carboxylic acids is 2. The summed E-state index contributed by atoms with van der Waals surface area (Å²) in [6, 6.07) is 9.05. The van der Waals surface area contributed by atoms with Gasteiger partial charge < -0.3 is 10.6 Å². The highest BCUT2D eigenvalue weighted by atomic mass is 79.9. The fourth-order valence-corrected chi connectivity index (χ4v) is 2.26. The van der Waals surface area contributed by atoms with Crippen molar-refractivity contribution < 1.29 is 9.59 Å². The predicted octanol–water partition coefficient (Wildman–Crippen LogP) is 2.41. The van der Waals surface area contributed by atoms with Crippen LogP contribution in [-0.2, 0) is 16.1 Å². The first-order chi connectivity index (χ1) is 10.1. The molecule has 0 saturated carbocycles. The Hall–Kier alpha value is -2.21. The number of anilines is 1. The molecule has 0 spiro atoms. The highest BCUT2D eigenvalue weighted by Crippen LogP contribution is 2.23. The SMILES string of the molecule is Cc1ccc(NC(=O)C(=O)NCc2cccnc2)c(Br)c1. The number of amides is 2. The van der Waals surface area contributed by atoms with Gasteiger partial charge in [-0.3, -0.25) is 14.6 Å². The molecular weight excluding hydrogens is 334 g/mol. The lowest BCUT2D eigenvalue weighted by molar-refractivity contribution is -0.136. The molecule has 0 radical (unpaired) electrons. The smallest absolute Gasteiger partial charge is 0.313 e. The van der Waals surface area contributed by atoms with Crippen LogP contribution in [0, 0.1) is 6.92 Å². The number of halogens is 1. The molecule has 1 aromatic heterocycles. The summed E-state index contributed by atoms with van der Waals surface area (Å²) < 4.78 is 0.732. The summed E-state index contributed by atoms with van der Waals surface area (Å²) in [6.07, 6.45) is 3.28. The molecule has 21 heavy (non-hydrogen) atoms. The molecule has 1 aromatic carbocycles. The van der Waals surface area contributed by atoms with Crippen LogP contribution in [0.2, 0.25) is 0 Å². The van der Waals surface area contributed by atoms with E-state index < -0.39 is 11.8 Å². The van der Waals surface area contributed by atoms with E-state index in [1.807, 2.05) is 25.1 Å². The minimum Gasteiger partial charge on any atom is -0.344 e. The van der Waals surface area contributed by atoms with Gasteiger partial charge in [-0.1, -0.05) is 12.1 Å². The van der Waals surface area contributed by atoms with Gasteiger partial charge >= 0.3 is 11.8 Å². The van der Waals surface area contributed by atoms with Gasteiger partial charge in [-0.2, -0.15) is 0 Å². The summed E-state index contributed by atoms with van der Waals surface area (Å²) in [6.45, 7) is 2.20. The number of aromatic nitrogens is 1. The number of hydrogen-bond donors (Lipinski definition) is 2. The van der Waals surface area contributed by atoms with E-state index in [1.165, 1.54) is 0 Å². The van der Waals surface area contributed by atoms with Gasteiger partial charge in [-0.05, 0) is 52.2 Å². The lowest BCUT2D eigenvalue weighted by atomic mass is 10.2. The maximum atomic E-state index is 11.8. The number of nitrogens with one attached hydrogen (secondary N) is 2. The molecule has 5 nitrogen and oxygen atoms in total. The van der Waals surface area contributed by atoms with Crippen molar-refractivity contribution in [3.63, 3.8) is 0 Å². The number of nitrogens with zero attached hydrogens (tertiary/aromatic N) is 1. The standard InChI is InChI=1S/C15H14BrN3O2/c1-10-4-5-13(12(16)7-10)19-15(21)14(20)18-9-11-3-2-6-17-8-11/h2-8H,9H2,1H3,(H,18,20)(H,19,21). The Morgan fingerprint density at radius 3 is 2.71 bits per heavy atom. The molecular formula is C15H14BrN3O2. The largest absolute Gasteiger partial charge is 0.344 e. The molecule has 0 bridgehead atoms. The Balaban J connectivity index is 1.92. The Labute approximate surface area is 130 Å². The van der Waals surface area contributed by atoms with Crippen molar-refractivity contribution in [3.8, 4) is 0 Å². The van der Waals surface area contributed by atoms with Crippen molar-refractivity contribution in [2.24, 2.45) is 0 Å². The van der Waals surface area contributed by atoms with Gasteiger partial charge in [0.15, 0.2) is 0 Å². The van der Waals surface area contributed by atoms with Crippen LogP contribution >= 0.6 is 15.9 Å². The topological polar surface area (TPSA) is 71.1 Å². The molecule has 2 aromatic rings. The number of pyridine rings is 1. The third-order valence-corrected chi connectivity index (χ3v) is 3.41. The van der Waals surface area contributed by atoms with Gasteiger partial charge in [0.05, 0.1) is 5.69 Å². The van der Waals surface area contributed by atoms with Gasteiger partial charge in [-0.25, -0.2) is 0 Å². The zero-order valence-electron chi connectivity index (χ0n) is 11.4. The summed E-state index contributed by atoms with van der Waals surface area (Å²) in [5.41, 5.74) is 2.44. The van der Waals surface area contributed by atoms with Crippen LogP contribution in [0.25, 0.3) is 0 Å². The van der Waals surface area contributed by atoms with Crippen LogP contribution in [0.5, 0.6) is 0 Å². The van der Waals surface area contributed by atoms with Crippen LogP contribution in [0.3, 0.4) is 0 Å². The molecule has 0 unspecified atom stereocenters. The van der Waals surface area contributed by atoms with E-state index in [9.17, 15) is 9.59 Å². The van der Waals surface area contributed by atoms with Gasteiger partial charge in [0.25, 0.3) is 0 Å². The second kappa shape index (κ2) is 6.99. The third kappa shape index (κ3) is 4.39. The number of benzene rings is 1. The highest BCUT2D eigenvalue weighted by Gasteiger charge is 2.14. The summed E-state index contributed by atoms with van der Waals surface area (Å²) in [5.74, 6) is -1.39. The lowest BCUT2D eigenvalue weighted by Gasteiger charge is -2.08. The Morgan fingerprint density at radius 2 is 2.05 bits per heavy atom. The fraction of sp³-hybridized carbons (Fsp3) is 0.133. The van der Waals surface area contributed by atoms with E-state index in [0.29, 0.717) is 5.69 Å². The molecule has 0 atom stereocenters. The molecule has 0 aliphatic heterocycles. The second-order valence-electron chi connectivity index (χ2n) is 4.48. The normalized spacial score (nSPS) is 10.0. The molecule has 1 heterocycles. The zero-order chi connectivity index (χ0) is 15.2. The second-order valence-corrected chi connectivity index (χ2v) is 5.34. The number of carbonyl (C=O) groups is 2. The first kappa shape index (κ1) is 15.2. The molecule has 2 rings (SSSR count). The molecule has 2 N–H and O–H groups in total. The maximum Gasteiger partial charge on any atom is 0.313 e. The number of rotatable bonds is 3. The van der Waals surface area contributed by atoms with Gasteiger partial charge in [0.2, 0.25) is 0 Å². The monoisotopic (exact) mass is 347 g/mol. The molecule has 2 amide bonds. The number of aryl methyl sites for hydroxylation is 1. The summed E-state index contributed by atoms with van der Waals surface area (Å²) in [5, 5.41) is 5.10. The zero-order valence-corrected chi connectivity index (χ0v) is 13.0. The predicted molar refractivity (Wildman–Crippen MR) is 83.6 cm³/mol. The van der Waals surface area contributed by atoms with Crippen LogP contribution < -0.4 is 10.6 Å². The maximum absolute atomic E-state index is 11.8. The molecule has 0 saturated heterocycles. The van der Waals surface area contributed by atoms with Crippen molar-refractivity contribution in [3.05, 3.63) is 58.3 Å². The first-order valence-electron chi connectivity index (χ1n) is 6.30. The quantitative estimate of drug-likeness (QED) is 0.837. The number of hydrogen-bond acceptors (Lipinski definition) is 3. The van der Waals surface area contributed by atoms with Crippen LogP contribution in [0.15, 0.2) is 47.2 Å². The molecule has 0 fully saturated rings. The van der Waals surface area contributed by atoms with Crippen molar-refractivity contribution in [2.75, 3.05) is 5.32 Å². The van der Waals surface area contributed by atoms with E-state index in [1.54, 1.807) is 24.5 Å². The van der Waals surface area contributed by atoms with E-state index in [4.69, 9.17) is 0 Å². The van der Waals surface area contributed by atoms with Crippen LogP contribution in [0.1, 0.15) is 11.1 Å². The van der Waals surface area contributed by atoms with Crippen molar-refractivity contribution in [1.29, 1.82) is 0 Å². The minimum absolute atomic E-state index is 0.259. The van der Waals surface area contributed by atoms with Crippen molar-refractivity contribution in [1.82, 2.24) is 10.3 Å². The van der Waals surface area contributed by atoms with Crippen molar-refractivity contribution >= 4 is 33.4 Å². The molecule has 0 aliphatic carbocycles. The van der Waals surface area contributed by atoms with Gasteiger partial charge in [-0.15, -0.1) is 0 Å². The highest BCUT2D eigenvalue weighted by molar-refractivity contribution is 9.10. The van der Waals surface area contributed by atoms with Crippen molar-refractivity contribution in [2.45, 2.75) is 13.5 Å². The van der Waals surface area contributed by atoms with Crippen LogP contribution in [0.4, 0.5) is 5.69 Å². The third-order valence-electron chi connectivity index (χ3n) is 2.75. The summed E-state index contributed by atoms with van der Waals surface area (Å²) in [7, 11) is 0. The average Bonchev–Trinajstić information content (AvgIpc) is 2.48.